The molecule has 0 spiro atoms. The fourth-order valence-electron chi connectivity index (χ4n) is 2.10. The third-order valence-electron chi connectivity index (χ3n) is 2.88. The van der Waals surface area contributed by atoms with Crippen LogP contribution >= 0.6 is 11.6 Å². The van der Waals surface area contributed by atoms with Gasteiger partial charge in [0.1, 0.15) is 0 Å². The zero-order chi connectivity index (χ0) is 9.19. The van der Waals surface area contributed by atoms with Gasteiger partial charge in [-0.05, 0) is 31.6 Å². The van der Waals surface area contributed by atoms with Crippen LogP contribution in [0, 0.1) is 11.3 Å². The van der Waals surface area contributed by atoms with E-state index in [1.54, 1.807) is 0 Å². The summed E-state index contributed by atoms with van der Waals surface area (Å²) in [6.07, 6.45) is 3.25. The van der Waals surface area contributed by atoms with E-state index in [1.165, 1.54) is 0 Å². The van der Waals surface area contributed by atoms with Gasteiger partial charge in [-0.3, -0.25) is 4.79 Å². The van der Waals surface area contributed by atoms with Crippen LogP contribution in [0.15, 0.2) is 0 Å². The van der Waals surface area contributed by atoms with Gasteiger partial charge in [-0.2, -0.15) is 0 Å². The lowest BCUT2D eigenvalue weighted by Crippen LogP contribution is -2.28. The van der Waals surface area contributed by atoms with Crippen LogP contribution in [0.25, 0.3) is 0 Å². The van der Waals surface area contributed by atoms with Gasteiger partial charge in [-0.15, -0.1) is 11.6 Å². The molecule has 1 aliphatic rings. The Kier molecular flexibility index (Phi) is 2.99. The summed E-state index contributed by atoms with van der Waals surface area (Å²) in [5, 5.41) is 9.05. The largest absolute Gasteiger partial charge is 0.481 e. The minimum Gasteiger partial charge on any atom is -0.481 e. The lowest BCUT2D eigenvalue weighted by atomic mass is 9.83. The number of hydrogen-bond donors (Lipinski definition) is 1. The first-order chi connectivity index (χ1) is 5.60. The van der Waals surface area contributed by atoms with Gasteiger partial charge in [-0.25, -0.2) is 0 Å². The smallest absolute Gasteiger partial charge is 0.309 e. The molecule has 0 bridgehead atoms. The SMILES string of the molecule is CC1CCC(CCCl)(C(=O)O)C1. The van der Waals surface area contributed by atoms with Crippen LogP contribution in [-0.4, -0.2) is 17.0 Å². The third kappa shape index (κ3) is 1.74. The van der Waals surface area contributed by atoms with E-state index < -0.39 is 11.4 Å². The first-order valence-electron chi connectivity index (χ1n) is 4.40. The minimum absolute atomic E-state index is 0.457. The molecule has 0 radical (unpaired) electrons. The number of alkyl halides is 1. The average molecular weight is 191 g/mol. The normalized spacial score (nSPS) is 35.3. The van der Waals surface area contributed by atoms with E-state index in [9.17, 15) is 4.79 Å². The van der Waals surface area contributed by atoms with Gasteiger partial charge in [0.15, 0.2) is 0 Å². The Morgan fingerprint density at radius 3 is 2.75 bits per heavy atom. The summed E-state index contributed by atoms with van der Waals surface area (Å²) in [7, 11) is 0. The first-order valence-corrected chi connectivity index (χ1v) is 4.93. The fraction of sp³-hybridized carbons (Fsp3) is 0.889. The molecule has 3 heteroatoms. The van der Waals surface area contributed by atoms with Crippen molar-refractivity contribution in [1.29, 1.82) is 0 Å². The number of halogens is 1. The minimum atomic E-state index is -0.660. The quantitative estimate of drug-likeness (QED) is 0.695. The Bertz CT molecular complexity index is 177. The van der Waals surface area contributed by atoms with Gasteiger partial charge in [0.25, 0.3) is 0 Å². The molecule has 1 fully saturated rings. The molecule has 1 rings (SSSR count). The fourth-order valence-corrected chi connectivity index (χ4v) is 2.46. The topological polar surface area (TPSA) is 37.3 Å². The van der Waals surface area contributed by atoms with E-state index in [-0.39, 0.29) is 0 Å². The molecule has 1 aliphatic carbocycles. The predicted octanol–water partition coefficient (Wildman–Crippen LogP) is 2.51. The van der Waals surface area contributed by atoms with E-state index in [4.69, 9.17) is 16.7 Å². The Morgan fingerprint density at radius 2 is 2.42 bits per heavy atom. The van der Waals surface area contributed by atoms with Crippen molar-refractivity contribution in [1.82, 2.24) is 0 Å². The maximum absolute atomic E-state index is 11.0. The first kappa shape index (κ1) is 9.85. The number of carboxylic acid groups (broad SMARTS) is 1. The molecular weight excluding hydrogens is 176 g/mol. The number of carbonyl (C=O) groups is 1. The van der Waals surface area contributed by atoms with Crippen molar-refractivity contribution in [3.8, 4) is 0 Å². The highest BCUT2D eigenvalue weighted by Gasteiger charge is 2.43. The monoisotopic (exact) mass is 190 g/mol. The average Bonchev–Trinajstić information content (AvgIpc) is 2.34. The third-order valence-corrected chi connectivity index (χ3v) is 3.07. The molecule has 0 heterocycles. The van der Waals surface area contributed by atoms with Crippen LogP contribution in [-0.2, 0) is 4.79 Å². The van der Waals surface area contributed by atoms with Gasteiger partial charge in [0, 0.05) is 5.88 Å². The molecule has 1 N–H and O–H groups in total. The molecule has 12 heavy (non-hydrogen) atoms. The molecule has 0 aromatic heterocycles. The van der Waals surface area contributed by atoms with Crippen LogP contribution in [0.3, 0.4) is 0 Å². The Morgan fingerprint density at radius 1 is 1.75 bits per heavy atom. The van der Waals surface area contributed by atoms with Crippen LogP contribution in [0.5, 0.6) is 0 Å². The van der Waals surface area contributed by atoms with E-state index in [2.05, 4.69) is 6.92 Å². The molecule has 0 aromatic rings. The van der Waals surface area contributed by atoms with Crippen molar-refractivity contribution in [2.45, 2.75) is 32.6 Å². The van der Waals surface area contributed by atoms with Gasteiger partial charge in [0.05, 0.1) is 5.41 Å². The lowest BCUT2D eigenvalue weighted by Gasteiger charge is -2.22. The number of hydrogen-bond acceptors (Lipinski definition) is 1. The molecule has 2 unspecified atom stereocenters. The zero-order valence-corrected chi connectivity index (χ0v) is 8.10. The van der Waals surface area contributed by atoms with Gasteiger partial charge < -0.3 is 5.11 Å². The molecule has 70 valence electrons. The Balaban J connectivity index is 2.67. The summed E-state index contributed by atoms with van der Waals surface area (Å²) in [5.74, 6) is 0.343. The highest BCUT2D eigenvalue weighted by molar-refractivity contribution is 6.18. The molecule has 0 amide bonds. The van der Waals surface area contributed by atoms with Crippen LogP contribution in [0.1, 0.15) is 32.6 Å². The summed E-state index contributed by atoms with van der Waals surface area (Å²) in [6.45, 7) is 2.11. The van der Waals surface area contributed by atoms with Crippen LogP contribution in [0.2, 0.25) is 0 Å². The molecule has 0 saturated heterocycles. The van der Waals surface area contributed by atoms with Crippen molar-refractivity contribution < 1.29 is 9.90 Å². The van der Waals surface area contributed by atoms with Crippen molar-refractivity contribution >= 4 is 17.6 Å². The highest BCUT2D eigenvalue weighted by Crippen LogP contribution is 2.44. The zero-order valence-electron chi connectivity index (χ0n) is 7.35. The number of aliphatic carboxylic acids is 1. The van der Waals surface area contributed by atoms with E-state index >= 15 is 0 Å². The standard InChI is InChI=1S/C9H15ClO2/c1-7-2-3-9(6-7,4-5-10)8(11)12/h7H,2-6H2,1H3,(H,11,12). The molecule has 1 saturated carbocycles. The Hall–Kier alpha value is -0.240. The predicted molar refractivity (Wildman–Crippen MR) is 48.4 cm³/mol. The van der Waals surface area contributed by atoms with Gasteiger partial charge in [0.2, 0.25) is 0 Å². The number of carboxylic acids is 1. The molecule has 0 aliphatic heterocycles. The summed E-state index contributed by atoms with van der Waals surface area (Å²) < 4.78 is 0. The maximum atomic E-state index is 11.0. The Labute approximate surface area is 77.9 Å². The van der Waals surface area contributed by atoms with Crippen molar-refractivity contribution in [2.24, 2.45) is 11.3 Å². The molecule has 2 nitrogen and oxygen atoms in total. The molecule has 0 aromatic carbocycles. The molecule has 2 atom stereocenters. The number of rotatable bonds is 3. The summed E-state index contributed by atoms with van der Waals surface area (Å²) in [6, 6.07) is 0. The summed E-state index contributed by atoms with van der Waals surface area (Å²) in [4.78, 5) is 11.0. The lowest BCUT2D eigenvalue weighted by molar-refractivity contribution is -0.148. The summed E-state index contributed by atoms with van der Waals surface area (Å²) in [5.41, 5.74) is -0.499. The van der Waals surface area contributed by atoms with Crippen LogP contribution in [0.4, 0.5) is 0 Å². The van der Waals surface area contributed by atoms with Crippen molar-refractivity contribution in [3.05, 3.63) is 0 Å². The highest BCUT2D eigenvalue weighted by atomic mass is 35.5. The summed E-state index contributed by atoms with van der Waals surface area (Å²) >= 11 is 5.60. The van der Waals surface area contributed by atoms with Gasteiger partial charge in [-0.1, -0.05) is 6.92 Å². The molecular formula is C9H15ClO2. The second kappa shape index (κ2) is 3.65. The van der Waals surface area contributed by atoms with E-state index in [0.717, 1.165) is 19.3 Å². The second-order valence-electron chi connectivity index (χ2n) is 3.87. The van der Waals surface area contributed by atoms with E-state index in [0.29, 0.717) is 18.2 Å². The van der Waals surface area contributed by atoms with E-state index in [1.807, 2.05) is 0 Å². The maximum Gasteiger partial charge on any atom is 0.309 e. The van der Waals surface area contributed by atoms with Crippen molar-refractivity contribution in [2.75, 3.05) is 5.88 Å². The van der Waals surface area contributed by atoms with Crippen molar-refractivity contribution in [3.63, 3.8) is 0 Å². The second-order valence-corrected chi connectivity index (χ2v) is 4.25. The van der Waals surface area contributed by atoms with Crippen LogP contribution < -0.4 is 0 Å². The van der Waals surface area contributed by atoms with Gasteiger partial charge >= 0.3 is 5.97 Å².